The molecule has 0 aliphatic heterocycles. The first kappa shape index (κ1) is 19.5. The monoisotopic (exact) mass is 304 g/mol. The van der Waals surface area contributed by atoms with Crippen molar-refractivity contribution in [2.75, 3.05) is 12.8 Å². The van der Waals surface area contributed by atoms with Gasteiger partial charge in [-0.3, -0.25) is 4.79 Å². The van der Waals surface area contributed by atoms with Crippen molar-refractivity contribution in [1.29, 1.82) is 0 Å². The van der Waals surface area contributed by atoms with Gasteiger partial charge in [0, 0.05) is 6.42 Å². The minimum Gasteiger partial charge on any atom is -0.596 e. The number of ether oxygens (including phenoxy) is 1. The Kier molecular flexibility index (Phi) is 13.2. The second kappa shape index (κ2) is 13.5. The largest absolute Gasteiger partial charge is 0.596 e. The Morgan fingerprint density at radius 1 is 1.00 bits per heavy atom. The molecular formula is C15H29O4P. The van der Waals surface area contributed by atoms with Crippen LogP contribution >= 0.6 is 8.03 Å². The van der Waals surface area contributed by atoms with E-state index in [4.69, 9.17) is 4.74 Å². The summed E-state index contributed by atoms with van der Waals surface area (Å²) in [6.07, 6.45) is 9.32. The first-order valence-electron chi connectivity index (χ1n) is 7.79. The van der Waals surface area contributed by atoms with Crippen LogP contribution in [0.25, 0.3) is 0 Å². The van der Waals surface area contributed by atoms with Gasteiger partial charge in [-0.1, -0.05) is 50.5 Å². The molecule has 0 fully saturated rings. The Hall–Kier alpha value is -0.470. The number of hydrogen-bond donors (Lipinski definition) is 0. The number of esters is 1. The first-order chi connectivity index (χ1) is 9.52. The minimum atomic E-state index is -2.19. The van der Waals surface area contributed by atoms with E-state index in [0.717, 1.165) is 38.5 Å². The number of rotatable bonds is 13. The van der Waals surface area contributed by atoms with Gasteiger partial charge in [-0.15, -0.1) is 0 Å². The zero-order valence-electron chi connectivity index (χ0n) is 12.9. The normalized spacial score (nSPS) is 11.7. The van der Waals surface area contributed by atoms with Crippen LogP contribution in [-0.4, -0.2) is 18.7 Å². The molecule has 0 saturated heterocycles. The van der Waals surface area contributed by atoms with Gasteiger partial charge in [0.25, 0.3) is 0 Å². The van der Waals surface area contributed by atoms with Crippen molar-refractivity contribution in [2.24, 2.45) is 5.92 Å². The smallest absolute Gasteiger partial charge is 0.308 e. The standard InChI is InChI=1S/C15H29O4P/c1-14(2)13-15(16)19-11-9-7-5-3-4-6-8-10-12-20(17)18/h14H,3-13H2,1-2H3. The molecule has 0 heterocycles. The summed E-state index contributed by atoms with van der Waals surface area (Å²) in [5, 5.41) is 0. The third kappa shape index (κ3) is 15.6. The predicted octanol–water partition coefficient (Wildman–Crippen LogP) is 3.80. The van der Waals surface area contributed by atoms with Gasteiger partial charge in [-0.05, 0) is 25.2 Å². The maximum atomic E-state index is 11.3. The lowest BCUT2D eigenvalue weighted by Crippen LogP contribution is -2.08. The van der Waals surface area contributed by atoms with Crippen molar-refractivity contribution in [3.05, 3.63) is 0 Å². The van der Waals surface area contributed by atoms with Gasteiger partial charge < -0.3 is 9.63 Å². The average molecular weight is 304 g/mol. The second-order valence-corrected chi connectivity index (χ2v) is 6.82. The lowest BCUT2D eigenvalue weighted by atomic mass is 10.1. The van der Waals surface area contributed by atoms with Gasteiger partial charge in [0.15, 0.2) is 0 Å². The lowest BCUT2D eigenvalue weighted by molar-refractivity contribution is -0.164. The fraction of sp³-hybridized carbons (Fsp3) is 0.933. The third-order valence-electron chi connectivity index (χ3n) is 3.07. The van der Waals surface area contributed by atoms with E-state index in [0.29, 0.717) is 25.1 Å². The highest BCUT2D eigenvalue weighted by Crippen LogP contribution is 2.13. The Bertz CT molecular complexity index is 267. The molecule has 20 heavy (non-hydrogen) atoms. The summed E-state index contributed by atoms with van der Waals surface area (Å²) < 4.78 is 15.5. The Labute approximate surface area is 124 Å². The van der Waals surface area contributed by atoms with E-state index in [1.54, 1.807) is 0 Å². The van der Waals surface area contributed by atoms with Gasteiger partial charge in [0.05, 0.1) is 6.61 Å². The Balaban J connectivity index is 3.13. The number of unbranched alkanes of at least 4 members (excludes halogenated alkanes) is 7. The van der Waals surface area contributed by atoms with E-state index < -0.39 is 8.03 Å². The topological polar surface area (TPSA) is 66.4 Å². The summed E-state index contributed by atoms with van der Waals surface area (Å²) in [5.74, 6) is 0.277. The highest BCUT2D eigenvalue weighted by Gasteiger charge is 2.05. The van der Waals surface area contributed by atoms with E-state index in [1.165, 1.54) is 12.8 Å². The van der Waals surface area contributed by atoms with Gasteiger partial charge >= 0.3 is 14.0 Å². The van der Waals surface area contributed by atoms with Crippen LogP contribution in [0.5, 0.6) is 0 Å². The van der Waals surface area contributed by atoms with Gasteiger partial charge in [-0.25, -0.2) is 0 Å². The van der Waals surface area contributed by atoms with Gasteiger partial charge in [0.2, 0.25) is 0 Å². The molecule has 0 bridgehead atoms. The number of carbonyl (C=O) groups is 1. The van der Waals surface area contributed by atoms with Crippen LogP contribution in [0.2, 0.25) is 0 Å². The molecule has 4 nitrogen and oxygen atoms in total. The van der Waals surface area contributed by atoms with Crippen LogP contribution in [0.4, 0.5) is 0 Å². The van der Waals surface area contributed by atoms with E-state index in [2.05, 4.69) is 0 Å². The maximum absolute atomic E-state index is 11.3. The highest BCUT2D eigenvalue weighted by atomic mass is 31.1. The molecule has 0 aliphatic carbocycles. The molecule has 0 N–H and O–H groups in total. The molecule has 0 aromatic carbocycles. The molecule has 0 aliphatic rings. The molecular weight excluding hydrogens is 275 g/mol. The summed E-state index contributed by atoms with van der Waals surface area (Å²) in [6, 6.07) is 0. The van der Waals surface area contributed by atoms with Crippen LogP contribution in [0.3, 0.4) is 0 Å². The van der Waals surface area contributed by atoms with Crippen molar-refractivity contribution in [3.63, 3.8) is 0 Å². The van der Waals surface area contributed by atoms with Crippen LogP contribution in [-0.2, 0) is 14.1 Å². The van der Waals surface area contributed by atoms with Crippen molar-refractivity contribution >= 4 is 14.0 Å². The summed E-state index contributed by atoms with van der Waals surface area (Å²) in [5.41, 5.74) is 0. The van der Waals surface area contributed by atoms with E-state index >= 15 is 0 Å². The highest BCUT2D eigenvalue weighted by molar-refractivity contribution is 7.36. The molecule has 0 aromatic heterocycles. The molecule has 0 amide bonds. The van der Waals surface area contributed by atoms with Gasteiger partial charge in [-0.2, -0.15) is 0 Å². The van der Waals surface area contributed by atoms with Crippen LogP contribution < -0.4 is 4.89 Å². The molecule has 0 radical (unpaired) electrons. The fourth-order valence-corrected chi connectivity index (χ4v) is 2.46. The molecule has 0 saturated carbocycles. The van der Waals surface area contributed by atoms with Crippen LogP contribution in [0, 0.1) is 5.92 Å². The Morgan fingerprint density at radius 3 is 2.00 bits per heavy atom. The molecule has 1 unspecified atom stereocenters. The molecule has 0 rings (SSSR count). The van der Waals surface area contributed by atoms with E-state index in [9.17, 15) is 14.3 Å². The van der Waals surface area contributed by atoms with Gasteiger partial charge in [0.1, 0.15) is 6.16 Å². The van der Waals surface area contributed by atoms with Crippen molar-refractivity contribution in [2.45, 2.75) is 71.6 Å². The maximum Gasteiger partial charge on any atom is 0.308 e. The number of carbonyl (C=O) groups excluding carboxylic acids is 1. The predicted molar refractivity (Wildman–Crippen MR) is 79.8 cm³/mol. The van der Waals surface area contributed by atoms with Crippen LogP contribution in [0.1, 0.15) is 71.6 Å². The van der Waals surface area contributed by atoms with E-state index in [1.807, 2.05) is 13.8 Å². The van der Waals surface area contributed by atoms with Crippen molar-refractivity contribution in [3.8, 4) is 0 Å². The molecule has 5 heteroatoms. The second-order valence-electron chi connectivity index (χ2n) is 5.70. The molecule has 118 valence electrons. The number of hydrogen-bond acceptors (Lipinski definition) is 4. The zero-order chi connectivity index (χ0) is 15.2. The lowest BCUT2D eigenvalue weighted by Gasteiger charge is -2.06. The third-order valence-corrected chi connectivity index (χ3v) is 3.75. The molecule has 0 spiro atoms. The summed E-state index contributed by atoms with van der Waals surface area (Å²) in [7, 11) is -2.19. The van der Waals surface area contributed by atoms with Crippen LogP contribution in [0.15, 0.2) is 0 Å². The quantitative estimate of drug-likeness (QED) is 0.295. The van der Waals surface area contributed by atoms with Crippen molar-refractivity contribution < 1.29 is 19.0 Å². The summed E-state index contributed by atoms with van der Waals surface area (Å²) >= 11 is 0. The first-order valence-corrected chi connectivity index (χ1v) is 9.16. The minimum absolute atomic E-state index is 0.0864. The van der Waals surface area contributed by atoms with Crippen molar-refractivity contribution in [1.82, 2.24) is 0 Å². The summed E-state index contributed by atoms with van der Waals surface area (Å²) in [6.45, 7) is 4.56. The average Bonchev–Trinajstić information content (AvgIpc) is 2.34. The zero-order valence-corrected chi connectivity index (χ0v) is 13.8. The molecule has 1 atom stereocenters. The fourth-order valence-electron chi connectivity index (χ4n) is 1.98. The van der Waals surface area contributed by atoms with E-state index in [-0.39, 0.29) is 5.97 Å². The molecule has 0 aromatic rings. The Morgan fingerprint density at radius 2 is 1.50 bits per heavy atom. The summed E-state index contributed by atoms with van der Waals surface area (Å²) in [4.78, 5) is 21.6. The SMILES string of the molecule is CC(C)CC(=O)OCCCCCCCCCC[P+](=O)[O-].